The Morgan fingerprint density at radius 1 is 1.00 bits per heavy atom. The second-order valence-electron chi connectivity index (χ2n) is 7.64. The van der Waals surface area contributed by atoms with Gasteiger partial charge in [0, 0.05) is 49.4 Å². The number of aromatic nitrogens is 4. The maximum atomic E-state index is 12.3. The Bertz CT molecular complexity index is 1130. The highest BCUT2D eigenvalue weighted by Crippen LogP contribution is 2.17. The summed E-state index contributed by atoms with van der Waals surface area (Å²) in [4.78, 5) is 18.3. The number of rotatable bonds is 5. The van der Waals surface area contributed by atoms with Gasteiger partial charge in [0.15, 0.2) is 5.82 Å². The van der Waals surface area contributed by atoms with Gasteiger partial charge in [-0.05, 0) is 29.7 Å². The molecule has 0 radical (unpaired) electrons. The van der Waals surface area contributed by atoms with E-state index in [2.05, 4.69) is 60.3 Å². The zero-order valence-electron chi connectivity index (χ0n) is 16.7. The van der Waals surface area contributed by atoms with E-state index in [1.807, 2.05) is 30.3 Å². The molecule has 2 N–H and O–H groups in total. The first kappa shape index (κ1) is 18.6. The summed E-state index contributed by atoms with van der Waals surface area (Å²) in [7, 11) is 0. The van der Waals surface area contributed by atoms with Crippen LogP contribution in [-0.2, 0) is 26.1 Å². The Morgan fingerprint density at radius 3 is 2.70 bits per heavy atom. The van der Waals surface area contributed by atoms with Gasteiger partial charge in [-0.25, -0.2) is 0 Å². The lowest BCUT2D eigenvalue weighted by molar-refractivity contribution is 0.0949. The standard InChI is InChI=1S/C23H24N6O/c30-23(17-6-2-1-3-7-17)24-15-22-27-26-21-10-11-28(12-13-29(21)22)16-19-14-18-8-4-5-9-20(18)25-19/h1-9,14,25H,10-13,15-16H2,(H,24,30). The topological polar surface area (TPSA) is 78.8 Å². The molecule has 4 aromatic rings. The van der Waals surface area contributed by atoms with Crippen LogP contribution in [0.4, 0.5) is 0 Å². The molecule has 152 valence electrons. The van der Waals surface area contributed by atoms with Crippen molar-refractivity contribution in [2.45, 2.75) is 26.1 Å². The van der Waals surface area contributed by atoms with E-state index in [0.29, 0.717) is 12.1 Å². The van der Waals surface area contributed by atoms with E-state index in [-0.39, 0.29) is 5.91 Å². The molecule has 1 aliphatic heterocycles. The molecular weight excluding hydrogens is 376 g/mol. The number of para-hydroxylation sites is 1. The van der Waals surface area contributed by atoms with Crippen molar-refractivity contribution in [1.82, 2.24) is 30.0 Å². The van der Waals surface area contributed by atoms with Gasteiger partial charge in [0.05, 0.1) is 6.54 Å². The predicted molar refractivity (Wildman–Crippen MR) is 115 cm³/mol. The molecule has 2 aromatic carbocycles. The van der Waals surface area contributed by atoms with Crippen LogP contribution < -0.4 is 5.32 Å². The third kappa shape index (κ3) is 3.84. The normalized spacial score (nSPS) is 14.4. The number of aromatic amines is 1. The van der Waals surface area contributed by atoms with Crippen LogP contribution in [-0.4, -0.2) is 43.6 Å². The van der Waals surface area contributed by atoms with E-state index in [1.165, 1.54) is 16.6 Å². The lowest BCUT2D eigenvalue weighted by atomic mass is 10.2. The van der Waals surface area contributed by atoms with Crippen LogP contribution in [0.25, 0.3) is 10.9 Å². The van der Waals surface area contributed by atoms with E-state index in [0.717, 1.165) is 44.2 Å². The summed E-state index contributed by atoms with van der Waals surface area (Å²) >= 11 is 0. The molecule has 1 amide bonds. The van der Waals surface area contributed by atoms with Crippen LogP contribution in [0.1, 0.15) is 27.7 Å². The quantitative estimate of drug-likeness (QED) is 0.540. The second kappa shape index (κ2) is 8.12. The molecule has 2 aromatic heterocycles. The largest absolute Gasteiger partial charge is 0.357 e. The maximum absolute atomic E-state index is 12.3. The number of benzene rings is 2. The fourth-order valence-electron chi connectivity index (χ4n) is 4.03. The summed E-state index contributed by atoms with van der Waals surface area (Å²) in [5, 5.41) is 12.9. The molecule has 7 nitrogen and oxygen atoms in total. The first-order valence-electron chi connectivity index (χ1n) is 10.3. The van der Waals surface area contributed by atoms with Crippen LogP contribution in [0.2, 0.25) is 0 Å². The van der Waals surface area contributed by atoms with Gasteiger partial charge in [-0.2, -0.15) is 0 Å². The summed E-state index contributed by atoms with van der Waals surface area (Å²) in [6, 6.07) is 19.8. The third-order valence-corrected chi connectivity index (χ3v) is 5.62. The highest BCUT2D eigenvalue weighted by Gasteiger charge is 2.19. The molecule has 0 spiro atoms. The monoisotopic (exact) mass is 400 g/mol. The molecule has 3 heterocycles. The van der Waals surface area contributed by atoms with Crippen molar-refractivity contribution in [2.75, 3.05) is 13.1 Å². The van der Waals surface area contributed by atoms with Crippen LogP contribution in [0.15, 0.2) is 60.7 Å². The predicted octanol–water partition coefficient (Wildman–Crippen LogP) is 2.75. The highest BCUT2D eigenvalue weighted by molar-refractivity contribution is 5.94. The molecule has 0 aliphatic carbocycles. The van der Waals surface area contributed by atoms with Gasteiger partial charge in [0.1, 0.15) is 5.82 Å². The van der Waals surface area contributed by atoms with Gasteiger partial charge in [0.25, 0.3) is 5.91 Å². The molecule has 0 saturated carbocycles. The number of hydrogen-bond donors (Lipinski definition) is 2. The first-order valence-corrected chi connectivity index (χ1v) is 10.3. The van der Waals surface area contributed by atoms with E-state index >= 15 is 0 Å². The first-order chi connectivity index (χ1) is 14.8. The van der Waals surface area contributed by atoms with E-state index in [9.17, 15) is 4.79 Å². The maximum Gasteiger partial charge on any atom is 0.251 e. The number of amides is 1. The van der Waals surface area contributed by atoms with Crippen molar-refractivity contribution in [1.29, 1.82) is 0 Å². The van der Waals surface area contributed by atoms with Gasteiger partial charge in [-0.3, -0.25) is 9.69 Å². The number of carbonyl (C=O) groups is 1. The SMILES string of the molecule is O=C(NCc1nnc2n1CCN(Cc1cc3ccccc3[nH]1)CC2)c1ccccc1. The average Bonchev–Trinajstić information content (AvgIpc) is 3.31. The minimum Gasteiger partial charge on any atom is -0.357 e. The van der Waals surface area contributed by atoms with E-state index < -0.39 is 0 Å². The van der Waals surface area contributed by atoms with Crippen molar-refractivity contribution in [3.63, 3.8) is 0 Å². The number of carbonyl (C=O) groups excluding carboxylic acids is 1. The number of H-pyrrole nitrogens is 1. The Hall–Kier alpha value is -3.45. The fraction of sp³-hybridized carbons (Fsp3) is 0.261. The minimum atomic E-state index is -0.0954. The number of nitrogens with zero attached hydrogens (tertiary/aromatic N) is 4. The molecule has 0 unspecified atom stereocenters. The molecule has 0 fully saturated rings. The summed E-state index contributed by atoms with van der Waals surface area (Å²) < 4.78 is 2.15. The second-order valence-corrected chi connectivity index (χ2v) is 7.64. The van der Waals surface area contributed by atoms with Gasteiger partial charge in [-0.15, -0.1) is 10.2 Å². The molecule has 1 aliphatic rings. The molecule has 0 atom stereocenters. The Labute approximate surface area is 174 Å². The Morgan fingerprint density at radius 2 is 1.83 bits per heavy atom. The van der Waals surface area contributed by atoms with Crippen molar-refractivity contribution >= 4 is 16.8 Å². The lowest BCUT2D eigenvalue weighted by Crippen LogP contribution is -2.28. The lowest BCUT2D eigenvalue weighted by Gasteiger charge is -2.18. The smallest absolute Gasteiger partial charge is 0.251 e. The molecule has 0 saturated heterocycles. The molecule has 0 bridgehead atoms. The minimum absolute atomic E-state index is 0.0954. The summed E-state index contributed by atoms with van der Waals surface area (Å²) in [5.41, 5.74) is 3.05. The number of hydrogen-bond acceptors (Lipinski definition) is 4. The molecule has 30 heavy (non-hydrogen) atoms. The van der Waals surface area contributed by atoms with Gasteiger partial charge >= 0.3 is 0 Å². The van der Waals surface area contributed by atoms with Crippen LogP contribution >= 0.6 is 0 Å². The van der Waals surface area contributed by atoms with E-state index in [4.69, 9.17) is 0 Å². The van der Waals surface area contributed by atoms with Gasteiger partial charge < -0.3 is 14.9 Å². The highest BCUT2D eigenvalue weighted by atomic mass is 16.1. The molecular formula is C23H24N6O. The van der Waals surface area contributed by atoms with Crippen molar-refractivity contribution in [2.24, 2.45) is 0 Å². The van der Waals surface area contributed by atoms with Gasteiger partial charge in [-0.1, -0.05) is 36.4 Å². The third-order valence-electron chi connectivity index (χ3n) is 5.62. The Balaban J connectivity index is 1.22. The van der Waals surface area contributed by atoms with E-state index in [1.54, 1.807) is 0 Å². The van der Waals surface area contributed by atoms with Crippen LogP contribution in [0.3, 0.4) is 0 Å². The van der Waals surface area contributed by atoms with Crippen molar-refractivity contribution in [3.05, 3.63) is 83.6 Å². The Kier molecular flexibility index (Phi) is 5.03. The molecule has 7 heteroatoms. The number of fused-ring (bicyclic) bond motifs is 2. The van der Waals surface area contributed by atoms with Crippen LogP contribution in [0.5, 0.6) is 0 Å². The van der Waals surface area contributed by atoms with Gasteiger partial charge in [0.2, 0.25) is 0 Å². The van der Waals surface area contributed by atoms with Crippen molar-refractivity contribution in [3.8, 4) is 0 Å². The average molecular weight is 400 g/mol. The van der Waals surface area contributed by atoms with Crippen LogP contribution in [0, 0.1) is 0 Å². The zero-order chi connectivity index (χ0) is 20.3. The summed E-state index contributed by atoms with van der Waals surface area (Å²) in [6.07, 6.45) is 0.847. The van der Waals surface area contributed by atoms with Crippen molar-refractivity contribution < 1.29 is 4.79 Å². The summed E-state index contributed by atoms with van der Waals surface area (Å²) in [6.45, 7) is 3.93. The zero-order valence-corrected chi connectivity index (χ0v) is 16.7. The number of nitrogens with one attached hydrogen (secondary N) is 2. The fourth-order valence-corrected chi connectivity index (χ4v) is 4.03. The molecule has 5 rings (SSSR count). The summed E-state index contributed by atoms with van der Waals surface area (Å²) in [5.74, 6) is 1.70.